The van der Waals surface area contributed by atoms with Gasteiger partial charge in [-0.3, -0.25) is 9.59 Å². The fraction of sp³-hybridized carbons (Fsp3) is 0.308. The minimum absolute atomic E-state index is 0.0287. The molecule has 0 radical (unpaired) electrons. The number of Topliss-reactive ketones (excluding diaryl/α,β-unsaturated/α-hetero) is 1. The van der Waals surface area contributed by atoms with E-state index in [9.17, 15) is 14.7 Å². The number of hydrogen-bond donors (Lipinski definition) is 1. The predicted molar refractivity (Wildman–Crippen MR) is 126 cm³/mol. The van der Waals surface area contributed by atoms with Crippen LogP contribution in [0.25, 0.3) is 11.0 Å². The molecule has 1 aromatic heterocycles. The van der Waals surface area contributed by atoms with Gasteiger partial charge in [0.2, 0.25) is 5.78 Å². The van der Waals surface area contributed by atoms with E-state index in [2.05, 4.69) is 6.92 Å². The second-order valence-electron chi connectivity index (χ2n) is 8.38. The van der Waals surface area contributed by atoms with E-state index in [4.69, 9.17) is 9.15 Å². The molecule has 7 heteroatoms. The molecule has 172 valence electrons. The van der Waals surface area contributed by atoms with E-state index in [1.807, 2.05) is 55.4 Å². The molecule has 3 aromatic rings. The topological polar surface area (TPSA) is 83.2 Å². The zero-order valence-corrected chi connectivity index (χ0v) is 19.3. The summed E-state index contributed by atoms with van der Waals surface area (Å²) in [6.45, 7) is 3.01. The predicted octanol–water partition coefficient (Wildman–Crippen LogP) is 4.14. The van der Waals surface area contributed by atoms with Gasteiger partial charge in [-0.15, -0.1) is 0 Å². The van der Waals surface area contributed by atoms with Crippen molar-refractivity contribution in [2.24, 2.45) is 0 Å². The number of methoxy groups -OCH3 is 1. The number of aryl methyl sites for hydroxylation is 1. The van der Waals surface area contributed by atoms with Crippen molar-refractivity contribution in [2.75, 3.05) is 34.3 Å². The molecular weight excluding hydrogens is 420 g/mol. The second kappa shape index (κ2) is 9.11. The van der Waals surface area contributed by atoms with Gasteiger partial charge in [0.15, 0.2) is 22.9 Å². The van der Waals surface area contributed by atoms with Crippen LogP contribution in [0.1, 0.15) is 34.6 Å². The Morgan fingerprint density at radius 3 is 2.55 bits per heavy atom. The first-order valence-electron chi connectivity index (χ1n) is 10.9. The first-order chi connectivity index (χ1) is 15.8. The second-order valence-corrected chi connectivity index (χ2v) is 8.38. The molecule has 33 heavy (non-hydrogen) atoms. The van der Waals surface area contributed by atoms with Crippen molar-refractivity contribution in [3.8, 4) is 5.75 Å². The van der Waals surface area contributed by atoms with Crippen LogP contribution < -0.4 is 4.74 Å². The average Bonchev–Trinajstić information content (AvgIpc) is 3.36. The molecule has 2 aromatic carbocycles. The number of nitrogens with zero attached hydrogens (tertiary/aromatic N) is 2. The van der Waals surface area contributed by atoms with E-state index in [0.717, 1.165) is 17.5 Å². The average molecular weight is 449 g/mol. The SMILES string of the molecule is CCc1ccc(C2C(C(=O)c3cc4cccc(OC)c4o3)=C(O)C(=O)N2CCN(C)C)cc1. The quantitative estimate of drug-likeness (QED) is 0.522. The molecule has 2 heterocycles. The lowest BCUT2D eigenvalue weighted by atomic mass is 9.94. The van der Waals surface area contributed by atoms with E-state index in [1.165, 1.54) is 7.11 Å². The van der Waals surface area contributed by atoms with Crippen molar-refractivity contribution in [1.82, 2.24) is 9.80 Å². The summed E-state index contributed by atoms with van der Waals surface area (Å²) in [5.74, 6) is -1.05. The number of likely N-dealkylation sites (N-methyl/N-ethyl adjacent to an activating group) is 1. The van der Waals surface area contributed by atoms with Crippen LogP contribution in [0.15, 0.2) is 64.3 Å². The Hall–Kier alpha value is -3.58. The van der Waals surface area contributed by atoms with Gasteiger partial charge in [0.05, 0.1) is 18.7 Å². The molecule has 1 unspecified atom stereocenters. The van der Waals surface area contributed by atoms with Crippen LogP contribution in [0, 0.1) is 0 Å². The molecule has 1 aliphatic heterocycles. The van der Waals surface area contributed by atoms with Crippen molar-refractivity contribution in [3.05, 3.63) is 76.8 Å². The standard InChI is InChI=1S/C26H28N2O5/c1-5-16-9-11-17(12-10-16)22-21(24(30)26(31)28(22)14-13-27(2)3)23(29)20-15-18-7-6-8-19(32-4)25(18)33-20/h6-12,15,22,30H,5,13-14H2,1-4H3. The minimum atomic E-state index is -0.703. The van der Waals surface area contributed by atoms with Gasteiger partial charge >= 0.3 is 0 Å². The summed E-state index contributed by atoms with van der Waals surface area (Å²) >= 11 is 0. The first-order valence-corrected chi connectivity index (χ1v) is 10.9. The van der Waals surface area contributed by atoms with E-state index in [0.29, 0.717) is 29.8 Å². The number of hydrogen-bond acceptors (Lipinski definition) is 6. The Labute approximate surface area is 192 Å². The fourth-order valence-electron chi connectivity index (χ4n) is 4.15. The van der Waals surface area contributed by atoms with Gasteiger partial charge in [0, 0.05) is 18.5 Å². The monoisotopic (exact) mass is 448 g/mol. The molecule has 0 aliphatic carbocycles. The third-order valence-corrected chi connectivity index (χ3v) is 5.99. The van der Waals surface area contributed by atoms with Gasteiger partial charge in [0.1, 0.15) is 0 Å². The zero-order chi connectivity index (χ0) is 23.7. The van der Waals surface area contributed by atoms with Crippen molar-refractivity contribution in [3.63, 3.8) is 0 Å². The highest BCUT2D eigenvalue weighted by molar-refractivity contribution is 6.16. The summed E-state index contributed by atoms with van der Waals surface area (Å²) in [7, 11) is 5.35. The summed E-state index contributed by atoms with van der Waals surface area (Å²) in [4.78, 5) is 30.2. The lowest BCUT2D eigenvalue weighted by Gasteiger charge is -2.28. The van der Waals surface area contributed by atoms with Crippen LogP contribution >= 0.6 is 0 Å². The van der Waals surface area contributed by atoms with Crippen LogP contribution in [0.3, 0.4) is 0 Å². The summed E-state index contributed by atoms with van der Waals surface area (Å²) in [5, 5.41) is 11.5. The molecule has 4 rings (SSSR count). The van der Waals surface area contributed by atoms with Gasteiger partial charge in [0.25, 0.3) is 5.91 Å². The smallest absolute Gasteiger partial charge is 0.290 e. The van der Waals surface area contributed by atoms with Crippen molar-refractivity contribution >= 4 is 22.7 Å². The van der Waals surface area contributed by atoms with E-state index < -0.39 is 23.5 Å². The molecule has 7 nitrogen and oxygen atoms in total. The summed E-state index contributed by atoms with van der Waals surface area (Å²) in [5.41, 5.74) is 2.39. The number of aliphatic hydroxyl groups excluding tert-OH is 1. The van der Waals surface area contributed by atoms with Gasteiger partial charge in [-0.05, 0) is 43.8 Å². The van der Waals surface area contributed by atoms with E-state index >= 15 is 0 Å². The van der Waals surface area contributed by atoms with Crippen molar-refractivity contribution in [1.29, 1.82) is 0 Å². The third-order valence-electron chi connectivity index (χ3n) is 5.99. The number of fused-ring (bicyclic) bond motifs is 1. The van der Waals surface area contributed by atoms with Crippen LogP contribution in [-0.2, 0) is 11.2 Å². The van der Waals surface area contributed by atoms with Crippen LogP contribution in [-0.4, -0.2) is 60.9 Å². The molecular formula is C26H28N2O5. The molecule has 0 bridgehead atoms. The van der Waals surface area contributed by atoms with E-state index in [-0.39, 0.29) is 11.3 Å². The highest BCUT2D eigenvalue weighted by Crippen LogP contribution is 2.40. The van der Waals surface area contributed by atoms with Crippen LogP contribution in [0.5, 0.6) is 5.75 Å². The van der Waals surface area contributed by atoms with Gasteiger partial charge in [-0.1, -0.05) is 43.3 Å². The zero-order valence-electron chi connectivity index (χ0n) is 19.3. The molecule has 0 saturated carbocycles. The molecule has 0 saturated heterocycles. The largest absolute Gasteiger partial charge is 0.503 e. The first kappa shape index (κ1) is 22.6. The number of ether oxygens (including phenoxy) is 1. The maximum atomic E-state index is 13.6. The number of amides is 1. The van der Waals surface area contributed by atoms with Crippen LogP contribution in [0.4, 0.5) is 0 Å². The Balaban J connectivity index is 1.79. The molecule has 1 aliphatic rings. The number of aliphatic hydroxyl groups is 1. The Morgan fingerprint density at radius 2 is 1.91 bits per heavy atom. The lowest BCUT2D eigenvalue weighted by molar-refractivity contribution is -0.129. The molecule has 1 atom stereocenters. The number of rotatable bonds is 8. The van der Waals surface area contributed by atoms with Gasteiger partial charge in [-0.2, -0.15) is 0 Å². The summed E-state index contributed by atoms with van der Waals surface area (Å²) in [6.07, 6.45) is 0.877. The number of furan rings is 1. The molecule has 0 spiro atoms. The number of para-hydroxylation sites is 1. The molecule has 1 N–H and O–H groups in total. The molecule has 0 fully saturated rings. The number of benzene rings is 2. The molecule has 1 amide bonds. The fourth-order valence-corrected chi connectivity index (χ4v) is 4.15. The maximum Gasteiger partial charge on any atom is 0.290 e. The van der Waals surface area contributed by atoms with Gasteiger partial charge in [-0.25, -0.2) is 0 Å². The highest BCUT2D eigenvalue weighted by Gasteiger charge is 2.44. The Bertz CT molecular complexity index is 1220. The number of carbonyl (C=O) groups is 2. The van der Waals surface area contributed by atoms with Gasteiger partial charge < -0.3 is 24.1 Å². The Kier molecular flexibility index (Phi) is 6.24. The van der Waals surface area contributed by atoms with Crippen LogP contribution in [0.2, 0.25) is 0 Å². The third kappa shape index (κ3) is 4.12. The summed E-state index contributed by atoms with van der Waals surface area (Å²) < 4.78 is 11.2. The van der Waals surface area contributed by atoms with E-state index in [1.54, 1.807) is 17.0 Å². The summed E-state index contributed by atoms with van der Waals surface area (Å²) in [6, 6.07) is 14.1. The number of ketones is 1. The van der Waals surface area contributed by atoms with Crippen molar-refractivity contribution < 1.29 is 23.8 Å². The minimum Gasteiger partial charge on any atom is -0.503 e. The Morgan fingerprint density at radius 1 is 1.18 bits per heavy atom. The normalized spacial score (nSPS) is 16.3. The maximum absolute atomic E-state index is 13.6. The highest BCUT2D eigenvalue weighted by atomic mass is 16.5. The lowest BCUT2D eigenvalue weighted by Crippen LogP contribution is -2.36. The van der Waals surface area contributed by atoms with Crippen molar-refractivity contribution in [2.45, 2.75) is 19.4 Å². The number of carbonyl (C=O) groups excluding carboxylic acids is 2.